The number of aromatic nitrogens is 1. The Bertz CT molecular complexity index is 688. The summed E-state index contributed by atoms with van der Waals surface area (Å²) in [4.78, 5) is 26.1. The van der Waals surface area contributed by atoms with Gasteiger partial charge in [0.1, 0.15) is 0 Å². The fraction of sp³-hybridized carbons (Fsp3) is 0.0769. The molecule has 0 amide bonds. The Labute approximate surface area is 124 Å². The van der Waals surface area contributed by atoms with E-state index in [2.05, 4.69) is 10.3 Å². The zero-order chi connectivity index (χ0) is 15.4. The lowest BCUT2D eigenvalue weighted by atomic mass is 10.3. The van der Waals surface area contributed by atoms with Crippen LogP contribution in [0, 0.1) is 10.1 Å². The standard InChI is InChI=1S/C13H11N3O4S/c1-21-9-4-2-8(3-5-9)14-12-11(16(19)20)7-6-10(15-12)13(17)18/h2-7H,1H3,(H,14,15)(H,17,18). The number of hydrogen-bond acceptors (Lipinski definition) is 6. The topological polar surface area (TPSA) is 105 Å². The molecule has 2 rings (SSSR count). The van der Waals surface area contributed by atoms with E-state index >= 15 is 0 Å². The van der Waals surface area contributed by atoms with Crippen LogP contribution < -0.4 is 5.32 Å². The fourth-order valence-electron chi connectivity index (χ4n) is 1.62. The van der Waals surface area contributed by atoms with Crippen LogP contribution in [0.4, 0.5) is 17.2 Å². The van der Waals surface area contributed by atoms with E-state index in [1.807, 2.05) is 18.4 Å². The molecular weight excluding hydrogens is 294 g/mol. The van der Waals surface area contributed by atoms with Crippen molar-refractivity contribution in [2.45, 2.75) is 4.90 Å². The number of thioether (sulfide) groups is 1. The van der Waals surface area contributed by atoms with Crippen molar-refractivity contribution >= 4 is 34.9 Å². The molecule has 21 heavy (non-hydrogen) atoms. The van der Waals surface area contributed by atoms with E-state index in [0.717, 1.165) is 17.0 Å². The molecule has 0 aliphatic rings. The number of benzene rings is 1. The third-order valence-electron chi connectivity index (χ3n) is 2.64. The maximum Gasteiger partial charge on any atom is 0.354 e. The fourth-order valence-corrected chi connectivity index (χ4v) is 2.03. The van der Waals surface area contributed by atoms with Gasteiger partial charge in [-0.1, -0.05) is 0 Å². The van der Waals surface area contributed by atoms with Crippen LogP contribution in [0.25, 0.3) is 0 Å². The maximum atomic E-state index is 11.0. The van der Waals surface area contributed by atoms with Crippen molar-refractivity contribution in [3.05, 3.63) is 52.2 Å². The molecule has 0 fully saturated rings. The number of aromatic carboxylic acids is 1. The summed E-state index contributed by atoms with van der Waals surface area (Å²) in [6.45, 7) is 0. The monoisotopic (exact) mass is 305 g/mol. The van der Waals surface area contributed by atoms with Gasteiger partial charge in [0.2, 0.25) is 5.82 Å². The molecule has 0 saturated heterocycles. The van der Waals surface area contributed by atoms with Crippen LogP contribution in [-0.4, -0.2) is 27.2 Å². The van der Waals surface area contributed by atoms with Gasteiger partial charge in [-0.05, 0) is 36.6 Å². The van der Waals surface area contributed by atoms with Crippen LogP contribution in [0.5, 0.6) is 0 Å². The van der Waals surface area contributed by atoms with Crippen LogP contribution in [0.15, 0.2) is 41.3 Å². The Morgan fingerprint density at radius 2 is 1.95 bits per heavy atom. The molecular formula is C13H11N3O4S. The van der Waals surface area contributed by atoms with Crippen molar-refractivity contribution in [1.29, 1.82) is 0 Å². The molecule has 1 aromatic carbocycles. The van der Waals surface area contributed by atoms with Gasteiger partial charge < -0.3 is 10.4 Å². The first kappa shape index (κ1) is 14.8. The summed E-state index contributed by atoms with van der Waals surface area (Å²) < 4.78 is 0. The number of carboxylic acid groups (broad SMARTS) is 1. The zero-order valence-corrected chi connectivity index (χ0v) is 11.8. The molecule has 1 heterocycles. The quantitative estimate of drug-likeness (QED) is 0.496. The van der Waals surface area contributed by atoms with Gasteiger partial charge >= 0.3 is 11.7 Å². The molecule has 2 N–H and O–H groups in total. The number of nitrogens with one attached hydrogen (secondary N) is 1. The Hall–Kier alpha value is -2.61. The van der Waals surface area contributed by atoms with E-state index in [4.69, 9.17) is 5.11 Å². The molecule has 8 heteroatoms. The molecule has 0 bridgehead atoms. The molecule has 0 radical (unpaired) electrons. The lowest BCUT2D eigenvalue weighted by Gasteiger charge is -2.07. The maximum absolute atomic E-state index is 11.0. The van der Waals surface area contributed by atoms with Gasteiger partial charge in [-0.25, -0.2) is 9.78 Å². The lowest BCUT2D eigenvalue weighted by Crippen LogP contribution is -2.05. The molecule has 108 valence electrons. The summed E-state index contributed by atoms with van der Waals surface area (Å²) in [5.74, 6) is -1.34. The predicted molar refractivity (Wildman–Crippen MR) is 79.4 cm³/mol. The largest absolute Gasteiger partial charge is 0.477 e. The predicted octanol–water partition coefficient (Wildman–Crippen LogP) is 3.15. The summed E-state index contributed by atoms with van der Waals surface area (Å²) in [5.41, 5.74) is 0.0451. The minimum Gasteiger partial charge on any atom is -0.477 e. The molecule has 0 saturated carbocycles. The second-order valence-corrected chi connectivity index (χ2v) is 4.86. The van der Waals surface area contributed by atoms with Crippen LogP contribution >= 0.6 is 11.8 Å². The highest BCUT2D eigenvalue weighted by molar-refractivity contribution is 7.98. The number of rotatable bonds is 5. The molecule has 0 atom stereocenters. The number of nitrogens with zero attached hydrogens (tertiary/aromatic N) is 2. The van der Waals surface area contributed by atoms with E-state index in [1.54, 1.807) is 23.9 Å². The summed E-state index contributed by atoms with van der Waals surface area (Å²) in [6.07, 6.45) is 1.94. The molecule has 0 unspecified atom stereocenters. The summed E-state index contributed by atoms with van der Waals surface area (Å²) in [7, 11) is 0. The van der Waals surface area contributed by atoms with E-state index in [-0.39, 0.29) is 17.2 Å². The van der Waals surface area contributed by atoms with Crippen LogP contribution in [0.3, 0.4) is 0 Å². The minimum atomic E-state index is -1.24. The van der Waals surface area contributed by atoms with E-state index in [0.29, 0.717) is 5.69 Å². The molecule has 7 nitrogen and oxygen atoms in total. The van der Waals surface area contributed by atoms with E-state index in [1.165, 1.54) is 0 Å². The van der Waals surface area contributed by atoms with Crippen molar-refractivity contribution in [3.8, 4) is 0 Å². The second kappa shape index (κ2) is 6.23. The normalized spacial score (nSPS) is 10.1. The Kier molecular flexibility index (Phi) is 4.39. The van der Waals surface area contributed by atoms with Gasteiger partial charge in [0.05, 0.1) is 4.92 Å². The van der Waals surface area contributed by atoms with Crippen molar-refractivity contribution in [2.75, 3.05) is 11.6 Å². The number of anilines is 2. The Morgan fingerprint density at radius 1 is 1.29 bits per heavy atom. The first-order valence-electron chi connectivity index (χ1n) is 5.81. The van der Waals surface area contributed by atoms with E-state index in [9.17, 15) is 14.9 Å². The van der Waals surface area contributed by atoms with Crippen molar-refractivity contribution in [1.82, 2.24) is 4.98 Å². The van der Waals surface area contributed by atoms with Crippen LogP contribution in [-0.2, 0) is 0 Å². The zero-order valence-electron chi connectivity index (χ0n) is 10.9. The van der Waals surface area contributed by atoms with Crippen molar-refractivity contribution in [3.63, 3.8) is 0 Å². The van der Waals surface area contributed by atoms with Gasteiger partial charge in [-0.15, -0.1) is 11.8 Å². The minimum absolute atomic E-state index is 0.100. The smallest absolute Gasteiger partial charge is 0.354 e. The Balaban J connectivity index is 2.37. The summed E-state index contributed by atoms with van der Waals surface area (Å²) >= 11 is 1.57. The van der Waals surface area contributed by atoms with Crippen molar-refractivity contribution < 1.29 is 14.8 Å². The van der Waals surface area contributed by atoms with Gasteiger partial charge in [0, 0.05) is 16.6 Å². The van der Waals surface area contributed by atoms with Crippen LogP contribution in [0.2, 0.25) is 0 Å². The van der Waals surface area contributed by atoms with Gasteiger partial charge in [0.25, 0.3) is 0 Å². The van der Waals surface area contributed by atoms with Gasteiger partial charge in [0.15, 0.2) is 5.69 Å². The van der Waals surface area contributed by atoms with Gasteiger partial charge in [-0.3, -0.25) is 10.1 Å². The SMILES string of the molecule is CSc1ccc(Nc2nc(C(=O)O)ccc2[N+](=O)[O-])cc1. The lowest BCUT2D eigenvalue weighted by molar-refractivity contribution is -0.384. The third kappa shape index (κ3) is 3.48. The van der Waals surface area contributed by atoms with Crippen LogP contribution in [0.1, 0.15) is 10.5 Å². The number of pyridine rings is 1. The molecule has 0 aliphatic heterocycles. The number of hydrogen-bond donors (Lipinski definition) is 2. The molecule has 0 aliphatic carbocycles. The summed E-state index contributed by atoms with van der Waals surface area (Å²) in [5, 5.41) is 22.7. The molecule has 1 aromatic heterocycles. The van der Waals surface area contributed by atoms with Gasteiger partial charge in [-0.2, -0.15) is 0 Å². The number of carbonyl (C=O) groups is 1. The number of nitro groups is 1. The van der Waals surface area contributed by atoms with E-state index < -0.39 is 10.9 Å². The van der Waals surface area contributed by atoms with Crippen molar-refractivity contribution in [2.24, 2.45) is 0 Å². The number of carboxylic acids is 1. The second-order valence-electron chi connectivity index (χ2n) is 3.98. The summed E-state index contributed by atoms with van der Waals surface area (Å²) in [6, 6.07) is 9.40. The average Bonchev–Trinajstić information content (AvgIpc) is 2.47. The highest BCUT2D eigenvalue weighted by Gasteiger charge is 2.18. The molecule has 2 aromatic rings. The first-order valence-corrected chi connectivity index (χ1v) is 7.03. The average molecular weight is 305 g/mol. The molecule has 0 spiro atoms. The Morgan fingerprint density at radius 3 is 2.48 bits per heavy atom. The highest BCUT2D eigenvalue weighted by atomic mass is 32.2. The first-order chi connectivity index (χ1) is 10.0. The highest BCUT2D eigenvalue weighted by Crippen LogP contribution is 2.27. The third-order valence-corrected chi connectivity index (χ3v) is 3.39.